The molecule has 5 rings (SSSR count). The quantitative estimate of drug-likeness (QED) is 0.829. The van der Waals surface area contributed by atoms with Crippen LogP contribution < -0.4 is 5.56 Å². The Labute approximate surface area is 177 Å². The largest absolute Gasteiger partial charge is 0.369 e. The van der Waals surface area contributed by atoms with Crippen LogP contribution in [0.4, 0.5) is 0 Å². The van der Waals surface area contributed by atoms with Crippen LogP contribution in [0.1, 0.15) is 37.3 Å². The van der Waals surface area contributed by atoms with Gasteiger partial charge in [0, 0.05) is 63.3 Å². The van der Waals surface area contributed by atoms with Crippen LogP contribution >= 0.6 is 0 Å². The molecule has 0 radical (unpaired) electrons. The van der Waals surface area contributed by atoms with E-state index in [0.717, 1.165) is 73.9 Å². The van der Waals surface area contributed by atoms with Crippen LogP contribution in [0.25, 0.3) is 11.0 Å². The van der Waals surface area contributed by atoms with E-state index in [1.165, 1.54) is 25.0 Å². The number of rotatable bonds is 5. The lowest BCUT2D eigenvalue weighted by atomic mass is 9.91. The molecule has 2 aliphatic heterocycles. The minimum atomic E-state index is 0.00215. The molecule has 1 saturated carbocycles. The smallest absolute Gasteiger partial charge is 0.251 e. The van der Waals surface area contributed by atoms with E-state index in [1.807, 2.05) is 19.2 Å². The molecule has 30 heavy (non-hydrogen) atoms. The van der Waals surface area contributed by atoms with Crippen LogP contribution in [-0.4, -0.2) is 63.4 Å². The Morgan fingerprint density at radius 3 is 2.73 bits per heavy atom. The molecule has 158 valence electrons. The molecule has 6 nitrogen and oxygen atoms in total. The van der Waals surface area contributed by atoms with Crippen LogP contribution in [0.3, 0.4) is 0 Å². The summed E-state index contributed by atoms with van der Waals surface area (Å²) in [6.45, 7) is 8.10. The normalized spacial score (nSPS) is 20.5. The minimum Gasteiger partial charge on any atom is -0.369 e. The topological polar surface area (TPSA) is 55.5 Å². The molecular formula is C24H31N5O. The average Bonchev–Trinajstić information content (AvgIpc) is 2.73. The highest BCUT2D eigenvalue weighted by Gasteiger charge is 2.25. The summed E-state index contributed by atoms with van der Waals surface area (Å²) in [6.07, 6.45) is 13.7. The molecule has 0 amide bonds. The summed E-state index contributed by atoms with van der Waals surface area (Å²) in [5.41, 5.74) is 5.02. The lowest BCUT2D eigenvalue weighted by molar-refractivity contribution is 0.147. The zero-order valence-corrected chi connectivity index (χ0v) is 17.8. The van der Waals surface area contributed by atoms with E-state index < -0.39 is 0 Å². The number of nitrogens with zero attached hydrogens (tertiary/aromatic N) is 4. The lowest BCUT2D eigenvalue weighted by Gasteiger charge is -2.41. The number of hydrogen-bond donors (Lipinski definition) is 1. The number of piperazine rings is 1. The molecule has 0 bridgehead atoms. The second kappa shape index (κ2) is 8.26. The van der Waals surface area contributed by atoms with Crippen molar-refractivity contribution in [1.29, 1.82) is 0 Å². The van der Waals surface area contributed by atoms with E-state index in [2.05, 4.69) is 49.1 Å². The fourth-order valence-corrected chi connectivity index (χ4v) is 4.66. The molecule has 0 spiro atoms. The van der Waals surface area contributed by atoms with Gasteiger partial charge >= 0.3 is 0 Å². The molecule has 1 saturated heterocycles. The molecular weight excluding hydrogens is 374 g/mol. The fourth-order valence-electron chi connectivity index (χ4n) is 4.66. The van der Waals surface area contributed by atoms with Gasteiger partial charge in [0.05, 0.1) is 16.7 Å². The molecule has 3 aliphatic rings. The van der Waals surface area contributed by atoms with E-state index in [-0.39, 0.29) is 5.56 Å². The first-order valence-electron chi connectivity index (χ1n) is 11.3. The number of aryl methyl sites for hydroxylation is 1. The summed E-state index contributed by atoms with van der Waals surface area (Å²) in [7, 11) is 0. The van der Waals surface area contributed by atoms with Crippen molar-refractivity contribution in [2.45, 2.75) is 45.2 Å². The molecule has 1 N–H and O–H groups in total. The van der Waals surface area contributed by atoms with Crippen LogP contribution in [0.15, 0.2) is 47.2 Å². The summed E-state index contributed by atoms with van der Waals surface area (Å²) in [5, 5.41) is 0. The summed E-state index contributed by atoms with van der Waals surface area (Å²) >= 11 is 0. The second-order valence-electron chi connectivity index (χ2n) is 8.75. The Morgan fingerprint density at radius 2 is 2.00 bits per heavy atom. The monoisotopic (exact) mass is 405 g/mol. The third-order valence-electron chi connectivity index (χ3n) is 6.80. The number of aromatic amines is 1. The molecule has 2 fully saturated rings. The first kappa shape index (κ1) is 19.4. The lowest BCUT2D eigenvalue weighted by Crippen LogP contribution is -2.46. The van der Waals surface area contributed by atoms with Gasteiger partial charge in [0.2, 0.25) is 0 Å². The van der Waals surface area contributed by atoms with Gasteiger partial charge in [0.25, 0.3) is 5.56 Å². The molecule has 2 aromatic rings. The van der Waals surface area contributed by atoms with Gasteiger partial charge in [-0.1, -0.05) is 13.0 Å². The molecule has 2 aromatic heterocycles. The van der Waals surface area contributed by atoms with E-state index >= 15 is 0 Å². The van der Waals surface area contributed by atoms with Gasteiger partial charge in [-0.05, 0) is 49.5 Å². The third-order valence-corrected chi connectivity index (χ3v) is 6.80. The predicted molar refractivity (Wildman–Crippen MR) is 120 cm³/mol. The van der Waals surface area contributed by atoms with Crippen LogP contribution in [-0.2, 0) is 13.0 Å². The van der Waals surface area contributed by atoms with Gasteiger partial charge in [-0.3, -0.25) is 14.7 Å². The highest BCUT2D eigenvalue weighted by atomic mass is 16.1. The zero-order valence-electron chi connectivity index (χ0n) is 17.8. The Balaban J connectivity index is 1.21. The van der Waals surface area contributed by atoms with Crippen molar-refractivity contribution in [2.24, 2.45) is 0 Å². The molecule has 6 heteroatoms. The standard InChI is InChI=1S/C24H31N5O/c1-2-19-14-22-23(26-24(19)30)13-18(15-25-22)16-27-9-11-28(12-10-27)21-7-4-8-29(17-21)20-5-3-6-20/h4,7,13-15,17,20H,2-3,5-6,8-12,16H2,1H3,(H,26,30). The van der Waals surface area contributed by atoms with Gasteiger partial charge in [-0.15, -0.1) is 0 Å². The molecule has 0 unspecified atom stereocenters. The van der Waals surface area contributed by atoms with Crippen molar-refractivity contribution < 1.29 is 0 Å². The van der Waals surface area contributed by atoms with E-state index in [0.29, 0.717) is 0 Å². The SMILES string of the molecule is CCc1cc2ncc(CN3CCN(C4=CN(C5CCC5)CC=C4)CC3)cc2[nH]c1=O. The molecule has 4 heterocycles. The van der Waals surface area contributed by atoms with Crippen molar-refractivity contribution in [3.05, 3.63) is 63.9 Å². The number of pyridine rings is 2. The molecule has 0 atom stereocenters. The maximum Gasteiger partial charge on any atom is 0.251 e. The number of allylic oxidation sites excluding steroid dienone is 1. The maximum atomic E-state index is 12.1. The van der Waals surface area contributed by atoms with Crippen LogP contribution in [0.5, 0.6) is 0 Å². The number of aromatic nitrogens is 2. The molecule has 1 aliphatic carbocycles. The Morgan fingerprint density at radius 1 is 1.17 bits per heavy atom. The van der Waals surface area contributed by atoms with E-state index in [9.17, 15) is 4.79 Å². The molecule has 0 aromatic carbocycles. The average molecular weight is 406 g/mol. The predicted octanol–water partition coefficient (Wildman–Crippen LogP) is 2.87. The number of nitrogens with one attached hydrogen (secondary N) is 1. The van der Waals surface area contributed by atoms with Gasteiger partial charge in [0.15, 0.2) is 0 Å². The van der Waals surface area contributed by atoms with Gasteiger partial charge in [-0.25, -0.2) is 0 Å². The highest BCUT2D eigenvalue weighted by Crippen LogP contribution is 2.28. The van der Waals surface area contributed by atoms with E-state index in [1.54, 1.807) is 0 Å². The highest BCUT2D eigenvalue weighted by molar-refractivity contribution is 5.74. The van der Waals surface area contributed by atoms with Crippen molar-refractivity contribution in [3.8, 4) is 0 Å². The maximum absolute atomic E-state index is 12.1. The zero-order chi connectivity index (χ0) is 20.5. The fraction of sp³-hybridized carbons (Fsp3) is 0.500. The number of H-pyrrole nitrogens is 1. The summed E-state index contributed by atoms with van der Waals surface area (Å²) in [4.78, 5) is 27.2. The summed E-state index contributed by atoms with van der Waals surface area (Å²) in [6, 6.07) is 4.75. The Hall–Kier alpha value is -2.60. The van der Waals surface area contributed by atoms with Crippen molar-refractivity contribution >= 4 is 11.0 Å². The third kappa shape index (κ3) is 3.88. The second-order valence-corrected chi connectivity index (χ2v) is 8.75. The van der Waals surface area contributed by atoms with Gasteiger partial charge in [-0.2, -0.15) is 0 Å². The Kier molecular flexibility index (Phi) is 5.34. The first-order valence-corrected chi connectivity index (χ1v) is 11.3. The summed E-state index contributed by atoms with van der Waals surface area (Å²) in [5.74, 6) is 0. The number of hydrogen-bond acceptors (Lipinski definition) is 5. The Bertz CT molecular complexity index is 1030. The van der Waals surface area contributed by atoms with Crippen molar-refractivity contribution in [2.75, 3.05) is 32.7 Å². The van der Waals surface area contributed by atoms with Crippen molar-refractivity contribution in [3.63, 3.8) is 0 Å². The summed E-state index contributed by atoms with van der Waals surface area (Å²) < 4.78 is 0. The van der Waals surface area contributed by atoms with Crippen LogP contribution in [0.2, 0.25) is 0 Å². The van der Waals surface area contributed by atoms with Crippen LogP contribution in [0, 0.1) is 0 Å². The van der Waals surface area contributed by atoms with Gasteiger partial charge in [0.1, 0.15) is 0 Å². The van der Waals surface area contributed by atoms with Gasteiger partial charge < -0.3 is 14.8 Å². The first-order chi connectivity index (χ1) is 14.7. The number of fused-ring (bicyclic) bond motifs is 1. The van der Waals surface area contributed by atoms with Crippen molar-refractivity contribution in [1.82, 2.24) is 24.7 Å². The minimum absolute atomic E-state index is 0.00215. The van der Waals surface area contributed by atoms with E-state index in [4.69, 9.17) is 0 Å².